The Balaban J connectivity index is 2.33. The van der Waals surface area contributed by atoms with Crippen LogP contribution in [0.4, 0.5) is 4.39 Å². The van der Waals surface area contributed by atoms with Crippen molar-refractivity contribution in [2.45, 2.75) is 13.0 Å². The largest absolute Gasteiger partial charge is 0.469 e. The molecule has 0 N–H and O–H groups in total. The Bertz CT molecular complexity index is 822. The van der Waals surface area contributed by atoms with E-state index in [2.05, 4.69) is 27.2 Å². The average molecular weight is 420 g/mol. The van der Waals surface area contributed by atoms with Crippen molar-refractivity contribution in [2.75, 3.05) is 13.7 Å². The van der Waals surface area contributed by atoms with E-state index in [0.717, 1.165) is 4.47 Å². The summed E-state index contributed by atoms with van der Waals surface area (Å²) in [5.41, 5.74) is 1.34. The number of methoxy groups -OCH3 is 1. The number of esters is 1. The zero-order valence-corrected chi connectivity index (χ0v) is 16.0. The first kappa shape index (κ1) is 19.8. The van der Waals surface area contributed by atoms with Gasteiger partial charge in [0.05, 0.1) is 13.5 Å². The highest BCUT2D eigenvalue weighted by Crippen LogP contribution is 2.20. The topological polar surface area (TPSA) is 46.6 Å². The zero-order chi connectivity index (χ0) is 19.1. The third kappa shape index (κ3) is 5.02. The van der Waals surface area contributed by atoms with Crippen LogP contribution in [-0.4, -0.2) is 30.4 Å². The number of hydrogen-bond donors (Lipinski definition) is 0. The predicted molar refractivity (Wildman–Crippen MR) is 101 cm³/mol. The molecule has 1 amide bonds. The van der Waals surface area contributed by atoms with E-state index in [9.17, 15) is 14.0 Å². The maximum absolute atomic E-state index is 14.1. The minimum absolute atomic E-state index is 0.00834. The molecule has 0 unspecified atom stereocenters. The molecule has 0 saturated carbocycles. The molecule has 0 aliphatic heterocycles. The zero-order valence-electron chi connectivity index (χ0n) is 14.4. The SMILES string of the molecule is C=CCN(Cc1cc(Br)ccc1F)C(=O)c1ccccc1CC(=O)OC. The highest BCUT2D eigenvalue weighted by Gasteiger charge is 2.20. The monoisotopic (exact) mass is 419 g/mol. The van der Waals surface area contributed by atoms with Crippen molar-refractivity contribution in [3.05, 3.63) is 82.1 Å². The van der Waals surface area contributed by atoms with Crippen LogP contribution in [0.25, 0.3) is 0 Å². The second kappa shape index (κ2) is 9.29. The number of ether oxygens (including phenoxy) is 1. The summed E-state index contributed by atoms with van der Waals surface area (Å²) in [6.07, 6.45) is 1.57. The van der Waals surface area contributed by atoms with Gasteiger partial charge in [0.1, 0.15) is 5.82 Å². The Morgan fingerprint density at radius 3 is 2.65 bits per heavy atom. The highest BCUT2D eigenvalue weighted by molar-refractivity contribution is 9.10. The molecule has 0 bridgehead atoms. The van der Waals surface area contributed by atoms with E-state index >= 15 is 0 Å². The summed E-state index contributed by atoms with van der Waals surface area (Å²) in [5.74, 6) is -1.12. The molecular formula is C20H19BrFNO3. The molecular weight excluding hydrogens is 401 g/mol. The second-order valence-electron chi connectivity index (χ2n) is 5.62. The van der Waals surface area contributed by atoms with Crippen LogP contribution < -0.4 is 0 Å². The van der Waals surface area contributed by atoms with Crippen molar-refractivity contribution in [3.63, 3.8) is 0 Å². The van der Waals surface area contributed by atoms with Gasteiger partial charge in [-0.1, -0.05) is 40.2 Å². The summed E-state index contributed by atoms with van der Waals surface area (Å²) in [7, 11) is 1.30. The molecule has 2 aromatic rings. The number of carbonyl (C=O) groups is 2. The van der Waals surface area contributed by atoms with E-state index in [4.69, 9.17) is 0 Å². The number of halogens is 2. The van der Waals surface area contributed by atoms with Crippen LogP contribution in [0.2, 0.25) is 0 Å². The highest BCUT2D eigenvalue weighted by atomic mass is 79.9. The summed E-state index contributed by atoms with van der Waals surface area (Å²) >= 11 is 3.31. The number of rotatable bonds is 7. The fraction of sp³-hybridized carbons (Fsp3) is 0.200. The molecule has 0 spiro atoms. The van der Waals surface area contributed by atoms with Crippen LogP contribution in [0.15, 0.2) is 59.6 Å². The van der Waals surface area contributed by atoms with Crippen molar-refractivity contribution in [2.24, 2.45) is 0 Å². The lowest BCUT2D eigenvalue weighted by molar-refractivity contribution is -0.139. The molecule has 0 fully saturated rings. The van der Waals surface area contributed by atoms with Gasteiger partial charge in [0.2, 0.25) is 0 Å². The Labute approximate surface area is 160 Å². The minimum atomic E-state index is -0.432. The fourth-order valence-corrected chi connectivity index (χ4v) is 2.93. The number of nitrogens with zero attached hydrogens (tertiary/aromatic N) is 1. The summed E-state index contributed by atoms with van der Waals surface area (Å²) < 4.78 is 19.5. The molecule has 26 heavy (non-hydrogen) atoms. The van der Waals surface area contributed by atoms with Crippen molar-refractivity contribution < 1.29 is 18.7 Å². The molecule has 0 radical (unpaired) electrons. The maximum Gasteiger partial charge on any atom is 0.310 e. The number of benzene rings is 2. The summed E-state index contributed by atoms with van der Waals surface area (Å²) in [6, 6.07) is 11.4. The van der Waals surface area contributed by atoms with E-state index in [0.29, 0.717) is 16.7 Å². The predicted octanol–water partition coefficient (Wildman–Crippen LogP) is 4.13. The average Bonchev–Trinajstić information content (AvgIpc) is 2.64. The van der Waals surface area contributed by atoms with Crippen LogP contribution in [0.5, 0.6) is 0 Å². The van der Waals surface area contributed by atoms with Gasteiger partial charge in [-0.15, -0.1) is 6.58 Å². The molecule has 4 nitrogen and oxygen atoms in total. The number of carbonyl (C=O) groups excluding carboxylic acids is 2. The van der Waals surface area contributed by atoms with Gasteiger partial charge >= 0.3 is 5.97 Å². The van der Waals surface area contributed by atoms with Gasteiger partial charge < -0.3 is 9.64 Å². The summed E-state index contributed by atoms with van der Waals surface area (Å²) in [5, 5.41) is 0. The molecule has 0 aromatic heterocycles. The van der Waals surface area contributed by atoms with Crippen molar-refractivity contribution >= 4 is 27.8 Å². The molecule has 0 aliphatic carbocycles. The summed E-state index contributed by atoms with van der Waals surface area (Å²) in [4.78, 5) is 26.1. The van der Waals surface area contributed by atoms with Gasteiger partial charge in [-0.2, -0.15) is 0 Å². The van der Waals surface area contributed by atoms with Crippen LogP contribution in [0, 0.1) is 5.82 Å². The minimum Gasteiger partial charge on any atom is -0.469 e. The Kier molecular flexibility index (Phi) is 7.09. The second-order valence-corrected chi connectivity index (χ2v) is 6.54. The quantitative estimate of drug-likeness (QED) is 0.500. The molecule has 136 valence electrons. The standard InChI is InChI=1S/C20H19BrFNO3/c1-3-10-23(13-15-11-16(21)8-9-18(15)22)20(25)17-7-5-4-6-14(17)12-19(24)26-2/h3-9,11H,1,10,12-13H2,2H3. The van der Waals surface area contributed by atoms with Gasteiger partial charge in [-0.05, 0) is 29.8 Å². The molecule has 0 atom stereocenters. The van der Waals surface area contributed by atoms with Crippen molar-refractivity contribution in [1.82, 2.24) is 4.90 Å². The first-order valence-electron chi connectivity index (χ1n) is 7.95. The van der Waals surface area contributed by atoms with Crippen LogP contribution in [0.1, 0.15) is 21.5 Å². The molecule has 0 saturated heterocycles. The molecule has 0 aliphatic rings. The first-order chi connectivity index (χ1) is 12.5. The van der Waals surface area contributed by atoms with E-state index in [1.54, 1.807) is 42.5 Å². The number of hydrogen-bond acceptors (Lipinski definition) is 3. The van der Waals surface area contributed by atoms with E-state index < -0.39 is 11.8 Å². The van der Waals surface area contributed by atoms with Crippen molar-refractivity contribution in [1.29, 1.82) is 0 Å². The maximum atomic E-state index is 14.1. The van der Waals surface area contributed by atoms with E-state index in [1.165, 1.54) is 18.1 Å². The molecule has 2 rings (SSSR count). The van der Waals surface area contributed by atoms with Crippen LogP contribution in [-0.2, 0) is 22.5 Å². The summed E-state index contributed by atoms with van der Waals surface area (Å²) in [6.45, 7) is 4.00. The van der Waals surface area contributed by atoms with Crippen LogP contribution in [0.3, 0.4) is 0 Å². The van der Waals surface area contributed by atoms with Gasteiger partial charge in [0, 0.05) is 28.7 Å². The number of amides is 1. The van der Waals surface area contributed by atoms with Gasteiger partial charge in [0.25, 0.3) is 5.91 Å². The third-order valence-electron chi connectivity index (χ3n) is 3.82. The van der Waals surface area contributed by atoms with Gasteiger partial charge in [-0.25, -0.2) is 4.39 Å². The lowest BCUT2D eigenvalue weighted by Crippen LogP contribution is -2.32. The third-order valence-corrected chi connectivity index (χ3v) is 4.31. The normalized spacial score (nSPS) is 10.3. The molecule has 2 aromatic carbocycles. The van der Waals surface area contributed by atoms with Gasteiger partial charge in [-0.3, -0.25) is 9.59 Å². The lowest BCUT2D eigenvalue weighted by atomic mass is 10.0. The first-order valence-corrected chi connectivity index (χ1v) is 8.74. The van der Waals surface area contributed by atoms with Crippen molar-refractivity contribution in [3.8, 4) is 0 Å². The molecule has 0 heterocycles. The Morgan fingerprint density at radius 2 is 1.96 bits per heavy atom. The molecule has 6 heteroatoms. The van der Waals surface area contributed by atoms with E-state index in [-0.39, 0.29) is 25.4 Å². The Hall–Kier alpha value is -2.47. The smallest absolute Gasteiger partial charge is 0.310 e. The lowest BCUT2D eigenvalue weighted by Gasteiger charge is -2.23. The van der Waals surface area contributed by atoms with Crippen LogP contribution >= 0.6 is 15.9 Å². The Morgan fingerprint density at radius 1 is 1.23 bits per heavy atom. The van der Waals surface area contributed by atoms with E-state index in [1.807, 2.05) is 0 Å². The fourth-order valence-electron chi connectivity index (χ4n) is 2.53. The van der Waals surface area contributed by atoms with Gasteiger partial charge in [0.15, 0.2) is 0 Å².